The Morgan fingerprint density at radius 2 is 1.73 bits per heavy atom. The number of rotatable bonds is 7. The average Bonchev–Trinajstić information content (AvgIpc) is 3.34. The number of carboxylic acid groups (broad SMARTS) is 1. The van der Waals surface area contributed by atoms with E-state index in [4.69, 9.17) is 30.8 Å². The summed E-state index contributed by atoms with van der Waals surface area (Å²) in [4.78, 5) is 11.3. The molecule has 41 heavy (non-hydrogen) atoms. The molecule has 0 unspecified atom stereocenters. The van der Waals surface area contributed by atoms with E-state index in [1.54, 1.807) is 6.07 Å². The Morgan fingerprint density at radius 3 is 2.32 bits per heavy atom. The topological polar surface area (TPSA) is 96.0 Å². The fourth-order valence-electron chi connectivity index (χ4n) is 4.38. The van der Waals surface area contributed by atoms with E-state index in [9.17, 15) is 18.3 Å². The SMILES string of the molecule is CCCN1CC(Oc2ccc(-c3c(-c4ccccc4Cl)noc3-c3ccc(O)c(C)c3)cc2)C1.O=C(O)C(F)(F)F. The van der Waals surface area contributed by atoms with Crippen molar-refractivity contribution in [3.63, 3.8) is 0 Å². The minimum absolute atomic E-state index is 0.238. The molecular weight excluding hydrogens is 561 g/mol. The van der Waals surface area contributed by atoms with Gasteiger partial charge in [-0.1, -0.05) is 54.0 Å². The van der Waals surface area contributed by atoms with Crippen LogP contribution in [-0.4, -0.2) is 58.2 Å². The molecule has 0 saturated carbocycles. The molecule has 0 amide bonds. The zero-order valence-electron chi connectivity index (χ0n) is 22.3. The number of aliphatic carboxylic acids is 1. The van der Waals surface area contributed by atoms with Crippen LogP contribution >= 0.6 is 11.6 Å². The van der Waals surface area contributed by atoms with Crippen molar-refractivity contribution in [3.8, 4) is 45.2 Å². The summed E-state index contributed by atoms with van der Waals surface area (Å²) in [6.45, 7) is 7.13. The summed E-state index contributed by atoms with van der Waals surface area (Å²) in [7, 11) is 0. The lowest BCUT2D eigenvalue weighted by Gasteiger charge is -2.38. The number of hydrogen-bond donors (Lipinski definition) is 2. The van der Waals surface area contributed by atoms with Gasteiger partial charge < -0.3 is 19.5 Å². The number of benzene rings is 3. The zero-order valence-corrected chi connectivity index (χ0v) is 23.0. The van der Waals surface area contributed by atoms with Crippen LogP contribution in [0.5, 0.6) is 11.5 Å². The van der Waals surface area contributed by atoms with Crippen LogP contribution in [0.15, 0.2) is 71.3 Å². The fourth-order valence-corrected chi connectivity index (χ4v) is 4.60. The first-order valence-corrected chi connectivity index (χ1v) is 13.2. The molecule has 0 aliphatic carbocycles. The highest BCUT2D eigenvalue weighted by Crippen LogP contribution is 2.43. The van der Waals surface area contributed by atoms with Crippen LogP contribution in [0.3, 0.4) is 0 Å². The predicted octanol–water partition coefficient (Wildman–Crippen LogP) is 7.45. The smallest absolute Gasteiger partial charge is 0.490 e. The lowest BCUT2D eigenvalue weighted by molar-refractivity contribution is -0.192. The number of alkyl halides is 3. The Hall–Kier alpha value is -4.02. The van der Waals surface area contributed by atoms with Gasteiger partial charge in [0, 0.05) is 24.2 Å². The lowest BCUT2D eigenvalue weighted by Crippen LogP contribution is -2.53. The van der Waals surface area contributed by atoms with E-state index in [0.29, 0.717) is 16.5 Å². The number of carbonyl (C=O) groups is 1. The van der Waals surface area contributed by atoms with E-state index < -0.39 is 12.1 Å². The first kappa shape index (κ1) is 30.0. The maximum Gasteiger partial charge on any atom is 0.490 e. The van der Waals surface area contributed by atoms with Gasteiger partial charge in [-0.2, -0.15) is 13.2 Å². The molecule has 0 spiro atoms. The Kier molecular flexibility index (Phi) is 9.25. The van der Waals surface area contributed by atoms with E-state index in [-0.39, 0.29) is 11.9 Å². The van der Waals surface area contributed by atoms with Gasteiger partial charge in [-0.05, 0) is 67.4 Å². The summed E-state index contributed by atoms with van der Waals surface area (Å²) in [5, 5.41) is 22.1. The second kappa shape index (κ2) is 12.7. The molecule has 5 rings (SSSR count). The Morgan fingerprint density at radius 1 is 1.10 bits per heavy atom. The summed E-state index contributed by atoms with van der Waals surface area (Å²) in [5.41, 5.74) is 4.88. The van der Waals surface area contributed by atoms with Crippen molar-refractivity contribution in [3.05, 3.63) is 77.3 Å². The van der Waals surface area contributed by atoms with E-state index in [2.05, 4.69) is 17.0 Å². The quantitative estimate of drug-likeness (QED) is 0.231. The van der Waals surface area contributed by atoms with Crippen molar-refractivity contribution in [1.29, 1.82) is 0 Å². The van der Waals surface area contributed by atoms with Crippen molar-refractivity contribution in [2.45, 2.75) is 32.5 Å². The molecule has 11 heteroatoms. The van der Waals surface area contributed by atoms with Gasteiger partial charge in [0.25, 0.3) is 0 Å². The standard InChI is InChI=1S/C28H27ClN2O3.C2HF3O2/c1-3-14-31-16-22(17-31)33-21-11-8-19(9-12-21)26-27(23-6-4-5-7-24(23)29)30-34-28(26)20-10-13-25(32)18(2)15-20;3-2(4,5)1(6)7/h4-13,15,22,32H,3,14,16-17H2,1-2H3;(H,6,7). The van der Waals surface area contributed by atoms with Gasteiger partial charge >= 0.3 is 12.1 Å². The molecule has 1 aromatic heterocycles. The molecule has 216 valence electrons. The summed E-state index contributed by atoms with van der Waals surface area (Å²) >= 11 is 6.52. The van der Waals surface area contributed by atoms with Gasteiger partial charge in [0.15, 0.2) is 5.76 Å². The fraction of sp³-hybridized carbons (Fsp3) is 0.267. The van der Waals surface area contributed by atoms with Crippen molar-refractivity contribution < 1.29 is 37.4 Å². The number of carboxylic acids is 1. The van der Waals surface area contributed by atoms with Crippen molar-refractivity contribution in [2.24, 2.45) is 0 Å². The minimum Gasteiger partial charge on any atom is -0.508 e. The van der Waals surface area contributed by atoms with Gasteiger partial charge in [0.2, 0.25) is 0 Å². The monoisotopic (exact) mass is 588 g/mol. The first-order valence-electron chi connectivity index (χ1n) is 12.8. The van der Waals surface area contributed by atoms with Gasteiger partial charge in [-0.25, -0.2) is 4.79 Å². The molecule has 1 aliphatic heterocycles. The number of aromatic nitrogens is 1. The van der Waals surface area contributed by atoms with Crippen LogP contribution in [0.2, 0.25) is 5.02 Å². The number of nitrogens with zero attached hydrogens (tertiary/aromatic N) is 2. The largest absolute Gasteiger partial charge is 0.508 e. The third kappa shape index (κ3) is 7.20. The van der Waals surface area contributed by atoms with Crippen LogP contribution in [0.25, 0.3) is 33.7 Å². The minimum atomic E-state index is -5.08. The molecule has 1 saturated heterocycles. The Balaban J connectivity index is 0.000000493. The second-order valence-electron chi connectivity index (χ2n) is 9.54. The molecule has 3 aromatic carbocycles. The number of halogens is 4. The third-order valence-electron chi connectivity index (χ3n) is 6.43. The van der Waals surface area contributed by atoms with E-state index >= 15 is 0 Å². The molecule has 1 aliphatic rings. The highest BCUT2D eigenvalue weighted by atomic mass is 35.5. The predicted molar refractivity (Wildman–Crippen MR) is 149 cm³/mol. The highest BCUT2D eigenvalue weighted by Gasteiger charge is 2.38. The molecule has 2 N–H and O–H groups in total. The number of hydrogen-bond acceptors (Lipinski definition) is 6. The second-order valence-corrected chi connectivity index (χ2v) is 9.95. The van der Waals surface area contributed by atoms with Crippen molar-refractivity contribution >= 4 is 17.6 Å². The average molecular weight is 589 g/mol. The van der Waals surface area contributed by atoms with Gasteiger partial charge in [-0.3, -0.25) is 4.90 Å². The maximum absolute atomic E-state index is 10.6. The van der Waals surface area contributed by atoms with Crippen LogP contribution < -0.4 is 4.74 Å². The molecule has 4 aromatic rings. The molecule has 0 radical (unpaired) electrons. The summed E-state index contributed by atoms with van der Waals surface area (Å²) in [6.07, 6.45) is -3.68. The molecule has 0 atom stereocenters. The lowest BCUT2D eigenvalue weighted by atomic mass is 9.95. The van der Waals surface area contributed by atoms with E-state index in [1.165, 1.54) is 0 Å². The first-order chi connectivity index (χ1) is 19.5. The van der Waals surface area contributed by atoms with Crippen molar-refractivity contribution in [1.82, 2.24) is 10.1 Å². The molecule has 7 nitrogen and oxygen atoms in total. The highest BCUT2D eigenvalue weighted by molar-refractivity contribution is 6.33. The van der Waals surface area contributed by atoms with E-state index in [0.717, 1.165) is 59.6 Å². The van der Waals surface area contributed by atoms with Gasteiger partial charge in [0.1, 0.15) is 23.3 Å². The number of likely N-dealkylation sites (tertiary alicyclic amines) is 1. The number of aryl methyl sites for hydroxylation is 1. The van der Waals surface area contributed by atoms with E-state index in [1.807, 2.05) is 67.6 Å². The van der Waals surface area contributed by atoms with Gasteiger partial charge in [0.05, 0.1) is 10.6 Å². The van der Waals surface area contributed by atoms with Gasteiger partial charge in [-0.15, -0.1) is 0 Å². The van der Waals surface area contributed by atoms with Crippen molar-refractivity contribution in [2.75, 3.05) is 19.6 Å². The normalized spacial score (nSPS) is 13.7. The summed E-state index contributed by atoms with van der Waals surface area (Å²) < 4.78 is 43.8. The van der Waals surface area contributed by atoms with Crippen LogP contribution in [0.4, 0.5) is 13.2 Å². The molecule has 0 bridgehead atoms. The van der Waals surface area contributed by atoms with Crippen LogP contribution in [0.1, 0.15) is 18.9 Å². The molecule has 2 heterocycles. The number of phenolic OH excluding ortho intramolecular Hbond substituents is 1. The number of phenols is 1. The number of aromatic hydroxyl groups is 1. The zero-order chi connectivity index (χ0) is 29.7. The maximum atomic E-state index is 10.6. The number of ether oxygens (including phenoxy) is 1. The van der Waals surface area contributed by atoms with Crippen LogP contribution in [-0.2, 0) is 4.79 Å². The van der Waals surface area contributed by atoms with Crippen LogP contribution in [0, 0.1) is 6.92 Å². The molecule has 1 fully saturated rings. The summed E-state index contributed by atoms with van der Waals surface area (Å²) in [6, 6.07) is 21.0. The Bertz CT molecular complexity index is 1500. The Labute approximate surface area is 239 Å². The summed E-state index contributed by atoms with van der Waals surface area (Å²) in [5.74, 6) is -1.04. The molecular formula is C30H28ClF3N2O5. The third-order valence-corrected chi connectivity index (χ3v) is 6.76.